The van der Waals surface area contributed by atoms with E-state index in [2.05, 4.69) is 29.1 Å². The van der Waals surface area contributed by atoms with Gasteiger partial charge in [-0.1, -0.05) is 13.8 Å². The number of aromatic nitrogens is 5. The Morgan fingerprint density at radius 2 is 1.85 bits per heavy atom. The minimum absolute atomic E-state index is 0.111. The fourth-order valence-electron chi connectivity index (χ4n) is 4.41. The van der Waals surface area contributed by atoms with Crippen LogP contribution in [0.5, 0.6) is 0 Å². The van der Waals surface area contributed by atoms with Crippen LogP contribution in [0.1, 0.15) is 65.7 Å². The molecule has 0 bridgehead atoms. The van der Waals surface area contributed by atoms with Crippen molar-refractivity contribution in [1.29, 1.82) is 0 Å². The first kappa shape index (κ1) is 21.1. The molecule has 1 amide bonds. The zero-order valence-electron chi connectivity index (χ0n) is 18.9. The van der Waals surface area contributed by atoms with E-state index in [-0.39, 0.29) is 11.9 Å². The van der Waals surface area contributed by atoms with Crippen molar-refractivity contribution in [3.63, 3.8) is 0 Å². The highest BCUT2D eigenvalue weighted by molar-refractivity contribution is 5.97. The van der Waals surface area contributed by atoms with Gasteiger partial charge in [0.1, 0.15) is 0 Å². The smallest absolute Gasteiger partial charge is 0.251 e. The summed E-state index contributed by atoms with van der Waals surface area (Å²) in [7, 11) is 0. The van der Waals surface area contributed by atoms with Crippen LogP contribution in [-0.4, -0.2) is 30.8 Å². The van der Waals surface area contributed by atoms with Crippen molar-refractivity contribution in [2.75, 3.05) is 0 Å². The van der Waals surface area contributed by atoms with Gasteiger partial charge < -0.3 is 5.32 Å². The number of benzene rings is 1. The first-order valence-electron chi connectivity index (χ1n) is 11.5. The second kappa shape index (κ2) is 9.02. The predicted octanol–water partition coefficient (Wildman–Crippen LogP) is 4.41. The van der Waals surface area contributed by atoms with Crippen LogP contribution in [0.15, 0.2) is 48.9 Å². The number of nitrogens with one attached hydrogen (secondary N) is 1. The van der Waals surface area contributed by atoms with E-state index >= 15 is 0 Å². The quantitative estimate of drug-likeness (QED) is 0.496. The molecule has 1 aromatic carbocycles. The van der Waals surface area contributed by atoms with E-state index in [1.54, 1.807) is 12.4 Å². The largest absolute Gasteiger partial charge is 0.345 e. The van der Waals surface area contributed by atoms with E-state index < -0.39 is 0 Å². The first-order valence-corrected chi connectivity index (χ1v) is 11.5. The van der Waals surface area contributed by atoms with Gasteiger partial charge in [0.25, 0.3) is 5.91 Å². The molecule has 33 heavy (non-hydrogen) atoms. The number of rotatable bonds is 5. The molecule has 0 aliphatic heterocycles. The standard InChI is InChI=1S/C26H26N6O/c1-3-19-20(4-2)30-24-13-16(10-11-23(24)29-19)26(33)32-22-9-5-8-21-18(22)15-28-25(31-21)17-7-6-12-27-14-17/h6-7,10-15,22H,3-5,8-9H2,1-2H3,(H,32,33)/t22-/m0/s1. The topological polar surface area (TPSA) is 93.6 Å². The Labute approximate surface area is 192 Å². The van der Waals surface area contributed by atoms with Gasteiger partial charge in [-0.05, 0) is 62.4 Å². The minimum atomic E-state index is -0.120. The Kier molecular flexibility index (Phi) is 5.77. The molecule has 0 unspecified atom stereocenters. The monoisotopic (exact) mass is 438 g/mol. The van der Waals surface area contributed by atoms with Crippen LogP contribution in [0.25, 0.3) is 22.4 Å². The highest BCUT2D eigenvalue weighted by Gasteiger charge is 2.24. The molecule has 1 N–H and O–H groups in total. The maximum Gasteiger partial charge on any atom is 0.251 e. The zero-order chi connectivity index (χ0) is 22.8. The summed E-state index contributed by atoms with van der Waals surface area (Å²) in [6.07, 6.45) is 9.72. The molecule has 0 saturated heterocycles. The number of carbonyl (C=O) groups is 1. The van der Waals surface area contributed by atoms with Gasteiger partial charge in [0.05, 0.1) is 28.5 Å². The van der Waals surface area contributed by atoms with Crippen LogP contribution in [0, 0.1) is 0 Å². The SMILES string of the molecule is CCc1nc2ccc(C(=O)N[C@H]3CCCc4nc(-c5cccnc5)ncc43)cc2nc1CC. The van der Waals surface area contributed by atoms with Crippen LogP contribution in [0.2, 0.25) is 0 Å². The van der Waals surface area contributed by atoms with Gasteiger partial charge in [-0.3, -0.25) is 9.78 Å². The van der Waals surface area contributed by atoms with E-state index in [0.717, 1.165) is 71.3 Å². The Balaban J connectivity index is 1.40. The number of carbonyl (C=O) groups excluding carboxylic acids is 1. The summed E-state index contributed by atoms with van der Waals surface area (Å²) in [6.45, 7) is 4.16. The normalized spacial score (nSPS) is 15.3. The van der Waals surface area contributed by atoms with Crippen LogP contribution in [-0.2, 0) is 19.3 Å². The summed E-state index contributed by atoms with van der Waals surface area (Å²) in [5.74, 6) is 0.547. The maximum absolute atomic E-state index is 13.1. The van der Waals surface area contributed by atoms with Gasteiger partial charge in [0.15, 0.2) is 5.82 Å². The van der Waals surface area contributed by atoms with Crippen LogP contribution in [0.4, 0.5) is 0 Å². The molecule has 5 rings (SSSR count). The second-order valence-corrected chi connectivity index (χ2v) is 8.28. The Hall–Kier alpha value is -3.74. The van der Waals surface area contributed by atoms with Crippen molar-refractivity contribution >= 4 is 16.9 Å². The fraction of sp³-hybridized carbons (Fsp3) is 0.308. The second-order valence-electron chi connectivity index (χ2n) is 8.28. The first-order chi connectivity index (χ1) is 16.2. The summed E-state index contributed by atoms with van der Waals surface area (Å²) in [6, 6.07) is 9.26. The number of nitrogens with zero attached hydrogens (tertiary/aromatic N) is 5. The van der Waals surface area contributed by atoms with E-state index in [1.807, 2.05) is 36.5 Å². The van der Waals surface area contributed by atoms with Crippen molar-refractivity contribution in [2.45, 2.75) is 52.0 Å². The molecule has 1 atom stereocenters. The molecule has 3 aromatic heterocycles. The van der Waals surface area contributed by atoms with Gasteiger partial charge in [0.2, 0.25) is 0 Å². The Bertz CT molecular complexity index is 1320. The zero-order valence-corrected chi connectivity index (χ0v) is 18.9. The van der Waals surface area contributed by atoms with Crippen LogP contribution < -0.4 is 5.32 Å². The molecular formula is C26H26N6O. The maximum atomic E-state index is 13.1. The molecule has 166 valence electrons. The molecule has 0 saturated carbocycles. The van der Waals surface area contributed by atoms with E-state index in [0.29, 0.717) is 11.4 Å². The van der Waals surface area contributed by atoms with Gasteiger partial charge in [0, 0.05) is 41.0 Å². The fourth-order valence-corrected chi connectivity index (χ4v) is 4.41. The average Bonchev–Trinajstić information content (AvgIpc) is 2.87. The molecule has 3 heterocycles. The van der Waals surface area contributed by atoms with Crippen molar-refractivity contribution in [2.24, 2.45) is 0 Å². The summed E-state index contributed by atoms with van der Waals surface area (Å²) in [5.41, 5.74) is 7.04. The van der Waals surface area contributed by atoms with Crippen molar-refractivity contribution in [3.8, 4) is 11.4 Å². The minimum Gasteiger partial charge on any atom is -0.345 e. The molecule has 4 aromatic rings. The lowest BCUT2D eigenvalue weighted by molar-refractivity contribution is 0.0932. The predicted molar refractivity (Wildman–Crippen MR) is 127 cm³/mol. The number of hydrogen-bond acceptors (Lipinski definition) is 6. The molecule has 7 nitrogen and oxygen atoms in total. The van der Waals surface area contributed by atoms with Gasteiger partial charge in [-0.15, -0.1) is 0 Å². The third-order valence-corrected chi connectivity index (χ3v) is 6.16. The lowest BCUT2D eigenvalue weighted by Crippen LogP contribution is -2.31. The highest BCUT2D eigenvalue weighted by atomic mass is 16.1. The van der Waals surface area contributed by atoms with Gasteiger partial charge >= 0.3 is 0 Å². The number of pyridine rings is 1. The Morgan fingerprint density at radius 3 is 2.61 bits per heavy atom. The molecule has 1 aliphatic rings. The average molecular weight is 439 g/mol. The molecule has 7 heteroatoms. The lowest BCUT2D eigenvalue weighted by Gasteiger charge is -2.25. The van der Waals surface area contributed by atoms with Crippen molar-refractivity contribution in [3.05, 3.63) is 77.1 Å². The lowest BCUT2D eigenvalue weighted by atomic mass is 9.92. The van der Waals surface area contributed by atoms with E-state index in [9.17, 15) is 4.79 Å². The third-order valence-electron chi connectivity index (χ3n) is 6.16. The number of hydrogen-bond donors (Lipinski definition) is 1. The van der Waals surface area contributed by atoms with Crippen LogP contribution in [0.3, 0.4) is 0 Å². The molecular weight excluding hydrogens is 412 g/mol. The highest BCUT2D eigenvalue weighted by Crippen LogP contribution is 2.30. The molecule has 1 aliphatic carbocycles. The number of amides is 1. The van der Waals surface area contributed by atoms with E-state index in [4.69, 9.17) is 15.0 Å². The number of aryl methyl sites for hydroxylation is 3. The Morgan fingerprint density at radius 1 is 1.03 bits per heavy atom. The number of fused-ring (bicyclic) bond motifs is 2. The van der Waals surface area contributed by atoms with E-state index in [1.165, 1.54) is 0 Å². The molecule has 0 spiro atoms. The van der Waals surface area contributed by atoms with Crippen LogP contribution >= 0.6 is 0 Å². The van der Waals surface area contributed by atoms with Crippen molar-refractivity contribution < 1.29 is 4.79 Å². The summed E-state index contributed by atoms with van der Waals surface area (Å²) in [5, 5.41) is 3.19. The third kappa shape index (κ3) is 4.18. The van der Waals surface area contributed by atoms with Gasteiger partial charge in [-0.25, -0.2) is 19.9 Å². The van der Waals surface area contributed by atoms with Crippen molar-refractivity contribution in [1.82, 2.24) is 30.2 Å². The van der Waals surface area contributed by atoms with Gasteiger partial charge in [-0.2, -0.15) is 0 Å². The molecule has 0 fully saturated rings. The summed E-state index contributed by atoms with van der Waals surface area (Å²) < 4.78 is 0. The summed E-state index contributed by atoms with van der Waals surface area (Å²) >= 11 is 0. The summed E-state index contributed by atoms with van der Waals surface area (Å²) in [4.78, 5) is 36.1. The molecule has 0 radical (unpaired) electrons.